The second-order valence-electron chi connectivity index (χ2n) is 4.45. The van der Waals surface area contributed by atoms with Crippen LogP contribution in [0.3, 0.4) is 0 Å². The molecule has 0 amide bonds. The van der Waals surface area contributed by atoms with Gasteiger partial charge in [0.15, 0.2) is 0 Å². The zero-order valence-corrected chi connectivity index (χ0v) is 11.5. The third kappa shape index (κ3) is 2.97. The summed E-state index contributed by atoms with van der Waals surface area (Å²) < 4.78 is 5.85. The molecule has 0 heterocycles. The van der Waals surface area contributed by atoms with E-state index in [0.717, 1.165) is 24.3 Å². The van der Waals surface area contributed by atoms with E-state index in [1.165, 1.54) is 23.6 Å². The lowest BCUT2D eigenvalue weighted by Gasteiger charge is -2.12. The summed E-state index contributed by atoms with van der Waals surface area (Å²) in [4.78, 5) is 0. The van der Waals surface area contributed by atoms with Gasteiger partial charge in [0, 0.05) is 5.56 Å². The van der Waals surface area contributed by atoms with E-state index >= 15 is 0 Å². The molecular formula is C16H19ClO. The molecule has 0 spiro atoms. The van der Waals surface area contributed by atoms with Gasteiger partial charge in [-0.1, -0.05) is 50.1 Å². The minimum atomic E-state index is 0.491. The Labute approximate surface area is 114 Å². The summed E-state index contributed by atoms with van der Waals surface area (Å²) in [5.74, 6) is 1.42. The quantitative estimate of drug-likeness (QED) is 0.517. The molecule has 0 aliphatic heterocycles. The molecule has 2 aromatic rings. The first-order valence-electron chi connectivity index (χ1n) is 6.56. The average molecular weight is 263 g/mol. The van der Waals surface area contributed by atoms with Gasteiger partial charge in [0.1, 0.15) is 5.75 Å². The number of fused-ring (bicyclic) bond motifs is 1. The summed E-state index contributed by atoms with van der Waals surface area (Å²) in [7, 11) is 0. The van der Waals surface area contributed by atoms with Gasteiger partial charge in [-0.3, -0.25) is 0 Å². The molecule has 96 valence electrons. The van der Waals surface area contributed by atoms with Crippen molar-refractivity contribution in [3.05, 3.63) is 42.0 Å². The Balaban J connectivity index is 2.22. The van der Waals surface area contributed by atoms with Crippen LogP contribution in [0.1, 0.15) is 31.7 Å². The molecule has 0 radical (unpaired) electrons. The van der Waals surface area contributed by atoms with Crippen LogP contribution in [0.25, 0.3) is 10.8 Å². The molecule has 0 saturated heterocycles. The first kappa shape index (κ1) is 13.2. The number of benzene rings is 2. The summed E-state index contributed by atoms with van der Waals surface area (Å²) in [6, 6.07) is 12.4. The first-order valence-corrected chi connectivity index (χ1v) is 7.09. The van der Waals surface area contributed by atoms with Crippen molar-refractivity contribution in [3.8, 4) is 5.75 Å². The highest BCUT2D eigenvalue weighted by molar-refractivity contribution is 6.18. The molecule has 0 bridgehead atoms. The Morgan fingerprint density at radius 1 is 1.06 bits per heavy atom. The fraction of sp³-hybridized carbons (Fsp3) is 0.375. The molecular weight excluding hydrogens is 244 g/mol. The smallest absolute Gasteiger partial charge is 0.124 e. The van der Waals surface area contributed by atoms with Crippen LogP contribution in [-0.2, 0) is 5.88 Å². The Morgan fingerprint density at radius 2 is 1.89 bits per heavy atom. The van der Waals surface area contributed by atoms with Gasteiger partial charge in [-0.05, 0) is 23.3 Å². The molecule has 2 rings (SSSR count). The van der Waals surface area contributed by atoms with Crippen molar-refractivity contribution in [1.82, 2.24) is 0 Å². The zero-order chi connectivity index (χ0) is 12.8. The molecule has 0 atom stereocenters. The largest absolute Gasteiger partial charge is 0.493 e. The number of halogens is 1. The summed E-state index contributed by atoms with van der Waals surface area (Å²) in [6.45, 7) is 2.97. The average Bonchev–Trinajstić information content (AvgIpc) is 2.43. The van der Waals surface area contributed by atoms with Crippen molar-refractivity contribution in [2.24, 2.45) is 0 Å². The van der Waals surface area contributed by atoms with Gasteiger partial charge in [-0.15, -0.1) is 11.6 Å². The van der Waals surface area contributed by atoms with E-state index in [9.17, 15) is 0 Å². The van der Waals surface area contributed by atoms with Crippen molar-refractivity contribution < 1.29 is 4.74 Å². The van der Waals surface area contributed by atoms with Crippen molar-refractivity contribution in [3.63, 3.8) is 0 Å². The maximum atomic E-state index is 6.07. The Hall–Kier alpha value is -1.21. The van der Waals surface area contributed by atoms with E-state index in [2.05, 4.69) is 25.1 Å². The van der Waals surface area contributed by atoms with Crippen molar-refractivity contribution in [1.29, 1.82) is 0 Å². The highest BCUT2D eigenvalue weighted by Crippen LogP contribution is 2.29. The molecule has 0 aliphatic rings. The SMILES string of the molecule is CCCCCOc1ccc2ccccc2c1CCl. The molecule has 2 aromatic carbocycles. The molecule has 0 fully saturated rings. The van der Waals surface area contributed by atoms with Crippen LogP contribution in [0, 0.1) is 0 Å². The predicted octanol–water partition coefficient (Wildman–Crippen LogP) is 5.15. The molecule has 0 N–H and O–H groups in total. The number of rotatable bonds is 6. The topological polar surface area (TPSA) is 9.23 Å². The van der Waals surface area contributed by atoms with Crippen LogP contribution in [0.15, 0.2) is 36.4 Å². The normalized spacial score (nSPS) is 10.8. The number of alkyl halides is 1. The lowest BCUT2D eigenvalue weighted by molar-refractivity contribution is 0.304. The van der Waals surface area contributed by atoms with Gasteiger partial charge in [0.05, 0.1) is 12.5 Å². The number of ether oxygens (including phenoxy) is 1. The lowest BCUT2D eigenvalue weighted by atomic mass is 10.0. The van der Waals surface area contributed by atoms with Gasteiger partial charge in [0.25, 0.3) is 0 Å². The number of hydrogen-bond acceptors (Lipinski definition) is 1. The van der Waals surface area contributed by atoms with E-state index in [-0.39, 0.29) is 0 Å². The van der Waals surface area contributed by atoms with Crippen LogP contribution in [-0.4, -0.2) is 6.61 Å². The molecule has 0 saturated carbocycles. The predicted molar refractivity (Wildman–Crippen MR) is 78.5 cm³/mol. The van der Waals surface area contributed by atoms with E-state index < -0.39 is 0 Å². The first-order chi connectivity index (χ1) is 8.86. The van der Waals surface area contributed by atoms with Gasteiger partial charge < -0.3 is 4.74 Å². The second-order valence-corrected chi connectivity index (χ2v) is 4.72. The summed E-state index contributed by atoms with van der Waals surface area (Å²) in [5.41, 5.74) is 1.10. The van der Waals surface area contributed by atoms with Crippen molar-refractivity contribution >= 4 is 22.4 Å². The van der Waals surface area contributed by atoms with Gasteiger partial charge in [-0.25, -0.2) is 0 Å². The third-order valence-corrected chi connectivity index (χ3v) is 3.40. The highest BCUT2D eigenvalue weighted by atomic mass is 35.5. The van der Waals surface area contributed by atoms with Gasteiger partial charge in [-0.2, -0.15) is 0 Å². The molecule has 0 unspecified atom stereocenters. The number of hydrogen-bond donors (Lipinski definition) is 0. The summed E-state index contributed by atoms with van der Waals surface area (Å²) >= 11 is 6.07. The Kier molecular flexibility index (Phi) is 4.89. The maximum absolute atomic E-state index is 6.07. The van der Waals surface area contributed by atoms with Crippen molar-refractivity contribution in [2.45, 2.75) is 32.1 Å². The minimum absolute atomic E-state index is 0.491. The van der Waals surface area contributed by atoms with Crippen LogP contribution in [0.2, 0.25) is 0 Å². The zero-order valence-electron chi connectivity index (χ0n) is 10.8. The molecule has 0 aliphatic carbocycles. The van der Waals surface area contributed by atoms with Crippen LogP contribution in [0.4, 0.5) is 0 Å². The van der Waals surface area contributed by atoms with Crippen molar-refractivity contribution in [2.75, 3.05) is 6.61 Å². The fourth-order valence-electron chi connectivity index (χ4n) is 2.12. The monoisotopic (exact) mass is 262 g/mol. The van der Waals surface area contributed by atoms with Gasteiger partial charge in [0.2, 0.25) is 0 Å². The van der Waals surface area contributed by atoms with E-state index in [0.29, 0.717) is 5.88 Å². The van der Waals surface area contributed by atoms with E-state index in [4.69, 9.17) is 16.3 Å². The molecule has 18 heavy (non-hydrogen) atoms. The minimum Gasteiger partial charge on any atom is -0.493 e. The summed E-state index contributed by atoms with van der Waals surface area (Å²) in [5, 5.41) is 2.41. The van der Waals surface area contributed by atoms with Crippen LogP contribution in [0.5, 0.6) is 5.75 Å². The van der Waals surface area contributed by atoms with Gasteiger partial charge >= 0.3 is 0 Å². The standard InChI is InChI=1S/C16H19ClO/c1-2-3-6-11-18-16-10-9-13-7-4-5-8-14(13)15(16)12-17/h4-5,7-10H,2-3,6,11-12H2,1H3. The molecule has 1 nitrogen and oxygen atoms in total. The fourth-order valence-corrected chi connectivity index (χ4v) is 2.40. The Morgan fingerprint density at radius 3 is 2.67 bits per heavy atom. The highest BCUT2D eigenvalue weighted by Gasteiger charge is 2.07. The Bertz CT molecular complexity index is 507. The number of unbranched alkanes of at least 4 members (excludes halogenated alkanes) is 2. The van der Waals surface area contributed by atoms with Crippen LogP contribution < -0.4 is 4.74 Å². The summed E-state index contributed by atoms with van der Waals surface area (Å²) in [6.07, 6.45) is 3.53. The van der Waals surface area contributed by atoms with E-state index in [1.54, 1.807) is 0 Å². The molecule has 2 heteroatoms. The molecule has 0 aromatic heterocycles. The van der Waals surface area contributed by atoms with E-state index in [1.807, 2.05) is 18.2 Å². The van der Waals surface area contributed by atoms with Crippen LogP contribution >= 0.6 is 11.6 Å². The lowest BCUT2D eigenvalue weighted by Crippen LogP contribution is -2.00. The second kappa shape index (κ2) is 6.65. The maximum Gasteiger partial charge on any atom is 0.124 e. The third-order valence-electron chi connectivity index (χ3n) is 3.14.